The van der Waals surface area contributed by atoms with E-state index in [9.17, 15) is 9.00 Å². The highest BCUT2D eigenvalue weighted by Gasteiger charge is 2.16. The highest BCUT2D eigenvalue weighted by Crippen LogP contribution is 2.25. The van der Waals surface area contributed by atoms with E-state index in [1.165, 1.54) is 0 Å². The second-order valence-electron chi connectivity index (χ2n) is 7.53. The van der Waals surface area contributed by atoms with Gasteiger partial charge in [0.15, 0.2) is 0 Å². The first kappa shape index (κ1) is 22.1. The molecule has 154 valence electrons. The molecule has 6 nitrogen and oxygen atoms in total. The third kappa shape index (κ3) is 7.46. The van der Waals surface area contributed by atoms with Crippen LogP contribution in [0.4, 0.5) is 0 Å². The number of carbonyl (C=O) groups excluding carboxylic acids is 1. The number of ether oxygens (including phenoxy) is 2. The second kappa shape index (κ2) is 10.4. The largest absolute Gasteiger partial charge is 0.493 e. The zero-order chi connectivity index (χ0) is 20.7. The van der Waals surface area contributed by atoms with Crippen LogP contribution in [0.3, 0.4) is 0 Å². The van der Waals surface area contributed by atoms with E-state index in [1.54, 1.807) is 24.5 Å². The molecule has 1 unspecified atom stereocenters. The number of nitrogens with zero attached hydrogens (tertiary/aromatic N) is 1. The number of benzene rings is 1. The molecule has 0 spiro atoms. The quantitative estimate of drug-likeness (QED) is 0.714. The zero-order valence-electron chi connectivity index (χ0n) is 17.3. The summed E-state index contributed by atoms with van der Waals surface area (Å²) in [5, 5.41) is 2.87. The third-order valence-corrected chi connectivity index (χ3v) is 4.45. The lowest BCUT2D eigenvalue weighted by atomic mass is 10.1. The molecule has 1 aliphatic rings. The molecule has 0 radical (unpaired) electrons. The SMILES string of the molecule is CC(C)COc1cc(OC(C)C)cc(C(=O)NC2=NC(CS(C)=O)=CCC2)c1. The number of allylic oxidation sites excluding steroid dienone is 1. The Bertz CT molecular complexity index is 785. The monoisotopic (exact) mass is 406 g/mol. The Labute approximate surface area is 169 Å². The molecule has 1 heterocycles. The van der Waals surface area contributed by atoms with Gasteiger partial charge in [-0.25, -0.2) is 4.99 Å². The van der Waals surface area contributed by atoms with Crippen LogP contribution in [0.2, 0.25) is 0 Å². The molecule has 28 heavy (non-hydrogen) atoms. The summed E-state index contributed by atoms with van der Waals surface area (Å²) in [6, 6.07) is 5.22. The predicted molar refractivity (Wildman–Crippen MR) is 114 cm³/mol. The Morgan fingerprint density at radius 1 is 1.21 bits per heavy atom. The van der Waals surface area contributed by atoms with Crippen molar-refractivity contribution in [3.05, 3.63) is 35.5 Å². The number of amides is 1. The van der Waals surface area contributed by atoms with Gasteiger partial charge in [0.25, 0.3) is 5.91 Å². The van der Waals surface area contributed by atoms with Crippen LogP contribution in [0.25, 0.3) is 0 Å². The van der Waals surface area contributed by atoms with Gasteiger partial charge in [-0.1, -0.05) is 19.9 Å². The molecule has 1 amide bonds. The Hall–Kier alpha value is -2.15. The fraction of sp³-hybridized carbons (Fsp3) is 0.524. The van der Waals surface area contributed by atoms with Crippen molar-refractivity contribution >= 4 is 22.5 Å². The molecule has 1 aromatic carbocycles. The lowest BCUT2D eigenvalue weighted by Crippen LogP contribution is -2.31. The summed E-state index contributed by atoms with van der Waals surface area (Å²) in [7, 11) is -0.966. The molecule has 0 fully saturated rings. The van der Waals surface area contributed by atoms with Crippen LogP contribution in [0.5, 0.6) is 11.5 Å². The zero-order valence-corrected chi connectivity index (χ0v) is 18.1. The van der Waals surface area contributed by atoms with Crippen LogP contribution in [0.1, 0.15) is 50.9 Å². The fourth-order valence-corrected chi connectivity index (χ4v) is 3.23. The van der Waals surface area contributed by atoms with Crippen LogP contribution in [0, 0.1) is 5.92 Å². The normalized spacial score (nSPS) is 15.1. The molecule has 2 rings (SSSR count). The number of carbonyl (C=O) groups is 1. The highest BCUT2D eigenvalue weighted by molar-refractivity contribution is 7.84. The van der Waals surface area contributed by atoms with Gasteiger partial charge in [0.2, 0.25) is 0 Å². The average molecular weight is 407 g/mol. The minimum Gasteiger partial charge on any atom is -0.493 e. The van der Waals surface area contributed by atoms with Gasteiger partial charge in [-0.2, -0.15) is 0 Å². The van der Waals surface area contributed by atoms with E-state index in [4.69, 9.17) is 9.47 Å². The number of hydrogen-bond acceptors (Lipinski definition) is 5. The van der Waals surface area contributed by atoms with Crippen molar-refractivity contribution in [2.45, 2.75) is 46.6 Å². The average Bonchev–Trinajstić information content (AvgIpc) is 2.59. The van der Waals surface area contributed by atoms with E-state index in [2.05, 4.69) is 24.2 Å². The van der Waals surface area contributed by atoms with E-state index in [0.717, 1.165) is 12.1 Å². The van der Waals surface area contributed by atoms with E-state index in [-0.39, 0.29) is 12.0 Å². The molecular formula is C21H30N2O4S. The van der Waals surface area contributed by atoms with Crippen molar-refractivity contribution in [3.8, 4) is 11.5 Å². The maximum absolute atomic E-state index is 12.8. The number of nitrogens with one attached hydrogen (secondary N) is 1. The topological polar surface area (TPSA) is 77.0 Å². The van der Waals surface area contributed by atoms with Crippen molar-refractivity contribution in [2.24, 2.45) is 10.9 Å². The molecule has 0 bridgehead atoms. The van der Waals surface area contributed by atoms with Crippen molar-refractivity contribution in [2.75, 3.05) is 18.6 Å². The predicted octanol–water partition coefficient (Wildman–Crippen LogP) is 3.69. The lowest BCUT2D eigenvalue weighted by Gasteiger charge is -2.16. The smallest absolute Gasteiger partial charge is 0.256 e. The van der Waals surface area contributed by atoms with Gasteiger partial charge in [-0.05, 0) is 38.3 Å². The van der Waals surface area contributed by atoms with Gasteiger partial charge in [-0.15, -0.1) is 0 Å². The molecule has 1 atom stereocenters. The lowest BCUT2D eigenvalue weighted by molar-refractivity contribution is 0.0975. The summed E-state index contributed by atoms with van der Waals surface area (Å²) in [5.41, 5.74) is 1.20. The minimum atomic E-state index is -0.966. The van der Waals surface area contributed by atoms with Crippen molar-refractivity contribution in [1.82, 2.24) is 5.32 Å². The molecule has 1 aromatic rings. The summed E-state index contributed by atoms with van der Waals surface area (Å²) in [6.45, 7) is 8.56. The van der Waals surface area contributed by atoms with Crippen LogP contribution in [-0.2, 0) is 10.8 Å². The number of rotatable bonds is 8. The first-order valence-corrected chi connectivity index (χ1v) is 11.3. The first-order valence-electron chi connectivity index (χ1n) is 9.55. The molecule has 0 saturated carbocycles. The first-order chi connectivity index (χ1) is 13.2. The Balaban J connectivity index is 2.18. The molecular weight excluding hydrogens is 376 g/mol. The maximum Gasteiger partial charge on any atom is 0.256 e. The maximum atomic E-state index is 12.8. The Morgan fingerprint density at radius 2 is 1.93 bits per heavy atom. The fourth-order valence-electron chi connectivity index (χ4n) is 2.63. The van der Waals surface area contributed by atoms with Crippen LogP contribution < -0.4 is 14.8 Å². The molecule has 0 aromatic heterocycles. The van der Waals surface area contributed by atoms with E-state index in [1.807, 2.05) is 19.9 Å². The van der Waals surface area contributed by atoms with Gasteiger partial charge in [0, 0.05) is 35.1 Å². The van der Waals surface area contributed by atoms with Crippen LogP contribution >= 0.6 is 0 Å². The molecule has 0 aliphatic carbocycles. The second-order valence-corrected chi connectivity index (χ2v) is 8.96. The minimum absolute atomic E-state index is 0.0124. The number of aliphatic imine (C=N–C) groups is 1. The molecule has 7 heteroatoms. The van der Waals surface area contributed by atoms with Gasteiger partial charge < -0.3 is 14.8 Å². The third-order valence-electron chi connectivity index (χ3n) is 3.75. The van der Waals surface area contributed by atoms with Gasteiger partial charge in [0.1, 0.15) is 17.3 Å². The number of amidine groups is 1. The van der Waals surface area contributed by atoms with Crippen molar-refractivity contribution in [3.63, 3.8) is 0 Å². The van der Waals surface area contributed by atoms with Crippen LogP contribution in [-0.4, -0.2) is 40.7 Å². The van der Waals surface area contributed by atoms with E-state index >= 15 is 0 Å². The van der Waals surface area contributed by atoms with Gasteiger partial charge in [-0.3, -0.25) is 9.00 Å². The summed E-state index contributed by atoms with van der Waals surface area (Å²) in [4.78, 5) is 17.2. The molecule has 0 saturated heterocycles. The Morgan fingerprint density at radius 3 is 2.57 bits per heavy atom. The van der Waals surface area contributed by atoms with Crippen molar-refractivity contribution in [1.29, 1.82) is 0 Å². The van der Waals surface area contributed by atoms with E-state index < -0.39 is 10.8 Å². The van der Waals surface area contributed by atoms with Gasteiger partial charge >= 0.3 is 0 Å². The molecule has 1 aliphatic heterocycles. The van der Waals surface area contributed by atoms with E-state index in [0.29, 0.717) is 47.6 Å². The van der Waals surface area contributed by atoms with Crippen LogP contribution in [0.15, 0.2) is 35.0 Å². The standard InChI is InChI=1S/C21H30N2O4S/c1-14(2)12-26-18-9-16(10-19(11-18)27-15(3)4)21(24)23-20-8-6-7-17(22-20)13-28(5)25/h7,9-11,14-15H,6,8,12-13H2,1-5H3,(H,22,23,24). The molecule has 1 N–H and O–H groups in total. The summed E-state index contributed by atoms with van der Waals surface area (Å²) < 4.78 is 23.0. The van der Waals surface area contributed by atoms with Crippen molar-refractivity contribution < 1.29 is 18.5 Å². The van der Waals surface area contributed by atoms with Gasteiger partial charge in [0.05, 0.1) is 24.2 Å². The highest BCUT2D eigenvalue weighted by atomic mass is 32.2. The summed E-state index contributed by atoms with van der Waals surface area (Å²) in [6.07, 6.45) is 5.00. The Kier molecular flexibility index (Phi) is 8.23. The number of hydrogen-bond donors (Lipinski definition) is 1. The summed E-state index contributed by atoms with van der Waals surface area (Å²) in [5.74, 6) is 2.29. The summed E-state index contributed by atoms with van der Waals surface area (Å²) >= 11 is 0.